The van der Waals surface area contributed by atoms with Crippen LogP contribution in [0.15, 0.2) is 18.6 Å². The van der Waals surface area contributed by atoms with E-state index in [0.29, 0.717) is 50.0 Å². The van der Waals surface area contributed by atoms with Gasteiger partial charge in [-0.05, 0) is 6.42 Å². The topological polar surface area (TPSA) is 103 Å². The lowest BCUT2D eigenvalue weighted by Crippen LogP contribution is -2.45. The summed E-state index contributed by atoms with van der Waals surface area (Å²) in [7, 11) is -3.21. The normalized spacial score (nSPS) is 24.9. The highest BCUT2D eigenvalue weighted by Crippen LogP contribution is 2.34. The summed E-state index contributed by atoms with van der Waals surface area (Å²) < 4.78 is 32.9. The van der Waals surface area contributed by atoms with Crippen LogP contribution in [0.3, 0.4) is 0 Å². The first-order chi connectivity index (χ1) is 11.0. The summed E-state index contributed by atoms with van der Waals surface area (Å²) in [5, 5.41) is 8.33. The van der Waals surface area contributed by atoms with E-state index in [0.717, 1.165) is 0 Å². The Hall–Kier alpha value is -1.91. The van der Waals surface area contributed by atoms with Crippen LogP contribution in [0.2, 0.25) is 0 Å². The van der Waals surface area contributed by atoms with Crippen LogP contribution in [-0.4, -0.2) is 62.4 Å². The maximum atomic E-state index is 11.8. The minimum absolute atomic E-state index is 0.310. The van der Waals surface area contributed by atoms with Crippen molar-refractivity contribution in [3.8, 4) is 11.5 Å². The molecule has 23 heavy (non-hydrogen) atoms. The Bertz CT molecular complexity index is 837. The molecule has 0 saturated carbocycles. The van der Waals surface area contributed by atoms with Gasteiger partial charge in [-0.1, -0.05) is 0 Å². The maximum Gasteiger partial charge on any atom is 0.211 e. The molecule has 1 spiro atoms. The highest BCUT2D eigenvalue weighted by atomic mass is 32.2. The summed E-state index contributed by atoms with van der Waals surface area (Å²) in [6.07, 6.45) is 6.72. The van der Waals surface area contributed by atoms with Gasteiger partial charge in [0.2, 0.25) is 10.0 Å². The Morgan fingerprint density at radius 3 is 2.83 bits per heavy atom. The van der Waals surface area contributed by atoms with Crippen LogP contribution in [0, 0.1) is 0 Å². The van der Waals surface area contributed by atoms with E-state index >= 15 is 0 Å². The molecule has 0 amide bonds. The van der Waals surface area contributed by atoms with Crippen LogP contribution in [-0.2, 0) is 27.9 Å². The van der Waals surface area contributed by atoms with Crippen LogP contribution >= 0.6 is 0 Å². The van der Waals surface area contributed by atoms with Gasteiger partial charge >= 0.3 is 0 Å². The van der Waals surface area contributed by atoms with Crippen LogP contribution < -0.4 is 0 Å². The molecular weight excluding hydrogens is 320 g/mol. The van der Waals surface area contributed by atoms with Crippen LogP contribution in [0.5, 0.6) is 0 Å². The molecule has 0 radical (unpaired) electrons. The van der Waals surface area contributed by atoms with Crippen molar-refractivity contribution in [2.75, 3.05) is 19.3 Å². The van der Waals surface area contributed by atoms with E-state index in [1.165, 1.54) is 10.6 Å². The smallest absolute Gasteiger partial charge is 0.211 e. The van der Waals surface area contributed by atoms with Gasteiger partial charge in [0, 0.05) is 25.5 Å². The Morgan fingerprint density at radius 2 is 2.13 bits per heavy atom. The van der Waals surface area contributed by atoms with Gasteiger partial charge in [-0.25, -0.2) is 13.4 Å². The highest BCUT2D eigenvalue weighted by Gasteiger charge is 2.45. The van der Waals surface area contributed by atoms with Gasteiger partial charge in [-0.15, -0.1) is 10.2 Å². The van der Waals surface area contributed by atoms with Gasteiger partial charge in [-0.2, -0.15) is 4.31 Å². The summed E-state index contributed by atoms with van der Waals surface area (Å²) in [5.74, 6) is 1.35. The van der Waals surface area contributed by atoms with E-state index in [1.807, 2.05) is 4.57 Å². The number of hydrogen-bond acceptors (Lipinski definition) is 7. The summed E-state index contributed by atoms with van der Waals surface area (Å²) in [6, 6.07) is 0. The van der Waals surface area contributed by atoms with Gasteiger partial charge in [0.25, 0.3) is 0 Å². The third-order valence-corrected chi connectivity index (χ3v) is 5.57. The van der Waals surface area contributed by atoms with E-state index in [1.54, 1.807) is 18.6 Å². The van der Waals surface area contributed by atoms with Gasteiger partial charge in [-0.3, -0.25) is 4.98 Å². The summed E-state index contributed by atoms with van der Waals surface area (Å²) in [6.45, 7) is 1.64. The van der Waals surface area contributed by atoms with Crippen LogP contribution in [0.25, 0.3) is 11.5 Å². The quantitative estimate of drug-likeness (QED) is 0.739. The molecule has 10 heteroatoms. The molecule has 2 aliphatic heterocycles. The first-order valence-corrected chi connectivity index (χ1v) is 9.09. The second-order valence-corrected chi connectivity index (χ2v) is 7.92. The van der Waals surface area contributed by atoms with Crippen LogP contribution in [0.1, 0.15) is 12.2 Å². The van der Waals surface area contributed by atoms with Gasteiger partial charge in [0.05, 0.1) is 19.0 Å². The molecule has 1 unspecified atom stereocenters. The molecule has 2 aromatic rings. The number of ether oxygens (including phenoxy) is 1. The SMILES string of the molecule is CS(=O)(=O)N1CCC2(C1)Cn1c(nnc1-c1cnccn1)CO2. The fourth-order valence-corrected chi connectivity index (χ4v) is 3.99. The Morgan fingerprint density at radius 1 is 1.26 bits per heavy atom. The largest absolute Gasteiger partial charge is 0.364 e. The molecule has 2 aromatic heterocycles. The predicted octanol–water partition coefficient (Wildman–Crippen LogP) is -0.331. The molecule has 2 aliphatic rings. The minimum atomic E-state index is -3.21. The molecule has 1 saturated heterocycles. The second kappa shape index (κ2) is 5.05. The molecule has 4 heterocycles. The molecule has 0 aliphatic carbocycles. The molecule has 1 atom stereocenters. The number of nitrogens with zero attached hydrogens (tertiary/aromatic N) is 6. The van der Waals surface area contributed by atoms with E-state index in [9.17, 15) is 8.42 Å². The zero-order chi connectivity index (χ0) is 16.1. The minimum Gasteiger partial charge on any atom is -0.364 e. The van der Waals surface area contributed by atoms with Crippen molar-refractivity contribution in [3.63, 3.8) is 0 Å². The number of hydrogen-bond donors (Lipinski definition) is 0. The molecule has 1 fully saturated rings. The molecular formula is C13H16N6O3S. The molecule has 122 valence electrons. The summed E-state index contributed by atoms with van der Waals surface area (Å²) in [4.78, 5) is 8.33. The zero-order valence-electron chi connectivity index (χ0n) is 12.6. The third-order valence-electron chi connectivity index (χ3n) is 4.32. The Balaban J connectivity index is 1.66. The molecule has 0 N–H and O–H groups in total. The highest BCUT2D eigenvalue weighted by molar-refractivity contribution is 7.88. The van der Waals surface area contributed by atoms with Crippen molar-refractivity contribution in [3.05, 3.63) is 24.4 Å². The second-order valence-electron chi connectivity index (χ2n) is 5.93. The first-order valence-electron chi connectivity index (χ1n) is 7.24. The van der Waals surface area contributed by atoms with Gasteiger partial charge < -0.3 is 9.30 Å². The number of sulfonamides is 1. The van der Waals surface area contributed by atoms with Crippen molar-refractivity contribution < 1.29 is 13.2 Å². The Kier molecular flexibility index (Phi) is 3.22. The standard InChI is InChI=1S/C13H16N6O3S/c1-23(20,21)18-5-2-13(8-18)9-19-11(7-22-13)16-17-12(19)10-6-14-3-4-15-10/h3-4,6H,2,5,7-9H2,1H3. The van der Waals surface area contributed by atoms with E-state index < -0.39 is 15.6 Å². The predicted molar refractivity (Wildman–Crippen MR) is 79.6 cm³/mol. The van der Waals surface area contributed by atoms with E-state index in [-0.39, 0.29) is 0 Å². The average Bonchev–Trinajstić information content (AvgIpc) is 3.12. The lowest BCUT2D eigenvalue weighted by Gasteiger charge is -2.34. The summed E-state index contributed by atoms with van der Waals surface area (Å²) in [5.41, 5.74) is 0.108. The van der Waals surface area contributed by atoms with Crippen molar-refractivity contribution in [2.24, 2.45) is 0 Å². The van der Waals surface area contributed by atoms with E-state index in [4.69, 9.17) is 4.74 Å². The number of rotatable bonds is 2. The van der Waals surface area contributed by atoms with Gasteiger partial charge in [0.1, 0.15) is 17.9 Å². The fourth-order valence-electron chi connectivity index (χ4n) is 3.10. The maximum absolute atomic E-state index is 11.8. The molecule has 9 nitrogen and oxygen atoms in total. The fraction of sp³-hybridized carbons (Fsp3) is 0.538. The van der Waals surface area contributed by atoms with Gasteiger partial charge in [0.15, 0.2) is 11.6 Å². The van der Waals surface area contributed by atoms with Crippen molar-refractivity contribution >= 4 is 10.0 Å². The molecule has 0 bridgehead atoms. The molecule has 0 aromatic carbocycles. The average molecular weight is 336 g/mol. The van der Waals surface area contributed by atoms with Crippen molar-refractivity contribution in [2.45, 2.75) is 25.2 Å². The monoisotopic (exact) mass is 336 g/mol. The lowest BCUT2D eigenvalue weighted by molar-refractivity contribution is -0.0789. The summed E-state index contributed by atoms with van der Waals surface area (Å²) >= 11 is 0. The van der Waals surface area contributed by atoms with Crippen LogP contribution in [0.4, 0.5) is 0 Å². The Labute approximate surface area is 133 Å². The number of fused-ring (bicyclic) bond motifs is 1. The van der Waals surface area contributed by atoms with Crippen molar-refractivity contribution in [1.29, 1.82) is 0 Å². The third kappa shape index (κ3) is 2.52. The first kappa shape index (κ1) is 14.7. The molecule has 4 rings (SSSR count). The lowest BCUT2D eigenvalue weighted by atomic mass is 10.0. The van der Waals surface area contributed by atoms with E-state index in [2.05, 4.69) is 20.2 Å². The van der Waals surface area contributed by atoms with Crippen molar-refractivity contribution in [1.82, 2.24) is 29.0 Å². The zero-order valence-corrected chi connectivity index (χ0v) is 13.4. The number of aromatic nitrogens is 5.